The summed E-state index contributed by atoms with van der Waals surface area (Å²) in [5, 5.41) is 37.9. The van der Waals surface area contributed by atoms with Crippen LogP contribution in [-0.4, -0.2) is 61.2 Å². The van der Waals surface area contributed by atoms with Crippen molar-refractivity contribution in [3.63, 3.8) is 0 Å². The molecule has 31 heavy (non-hydrogen) atoms. The quantitative estimate of drug-likeness (QED) is 0.410. The number of pyridine rings is 1. The smallest absolute Gasteiger partial charge is 0.224 e. The highest BCUT2D eigenvalue weighted by Crippen LogP contribution is 2.33. The molecule has 0 unspecified atom stereocenters. The zero-order valence-electron chi connectivity index (χ0n) is 17.1. The molecule has 4 atom stereocenters. The summed E-state index contributed by atoms with van der Waals surface area (Å²) in [7, 11) is 0. The molecule has 2 fully saturated rings. The number of benzene rings is 1. The van der Waals surface area contributed by atoms with Gasteiger partial charge in [-0.05, 0) is 37.8 Å². The number of fused-ring (bicyclic) bond motifs is 1. The largest absolute Gasteiger partial charge is 0.396 e. The van der Waals surface area contributed by atoms with Crippen molar-refractivity contribution in [2.24, 2.45) is 5.92 Å². The lowest BCUT2D eigenvalue weighted by Gasteiger charge is -2.27. The molecule has 5 N–H and O–H groups in total. The van der Waals surface area contributed by atoms with E-state index in [9.17, 15) is 15.3 Å². The third-order valence-electron chi connectivity index (χ3n) is 6.46. The lowest BCUT2D eigenvalue weighted by molar-refractivity contribution is 0.00446. The van der Waals surface area contributed by atoms with Gasteiger partial charge in [0.2, 0.25) is 5.95 Å². The molecule has 1 aromatic carbocycles. The molecule has 0 saturated heterocycles. The number of aliphatic hydroxyl groups is 3. The Bertz CT molecular complexity index is 1070. The van der Waals surface area contributed by atoms with E-state index in [0.29, 0.717) is 24.2 Å². The minimum Gasteiger partial charge on any atom is -0.396 e. The number of rotatable bonds is 6. The minimum atomic E-state index is -0.993. The lowest BCUT2D eigenvalue weighted by atomic mass is 9.93. The highest BCUT2D eigenvalue weighted by atomic mass is 16.3. The van der Waals surface area contributed by atoms with E-state index >= 15 is 0 Å². The molecule has 0 radical (unpaired) electrons. The highest BCUT2D eigenvalue weighted by molar-refractivity contribution is 5.83. The van der Waals surface area contributed by atoms with Crippen molar-refractivity contribution in [2.45, 2.75) is 50.0 Å². The number of aliphatic hydroxyl groups excluding tert-OH is 3. The number of hydrogen-bond acceptors (Lipinski definition) is 8. The molecule has 2 aliphatic carbocycles. The van der Waals surface area contributed by atoms with Crippen molar-refractivity contribution in [1.82, 2.24) is 15.0 Å². The second-order valence-corrected chi connectivity index (χ2v) is 8.53. The van der Waals surface area contributed by atoms with Gasteiger partial charge in [-0.3, -0.25) is 0 Å². The van der Waals surface area contributed by atoms with Gasteiger partial charge in [0.1, 0.15) is 11.9 Å². The van der Waals surface area contributed by atoms with Crippen molar-refractivity contribution in [1.29, 1.82) is 0 Å². The normalized spacial score (nSPS) is 26.0. The van der Waals surface area contributed by atoms with Gasteiger partial charge in [0, 0.05) is 30.1 Å². The number of para-hydroxylation sites is 1. The molecule has 5 rings (SSSR count). The van der Waals surface area contributed by atoms with Crippen LogP contribution in [0.3, 0.4) is 0 Å². The average Bonchev–Trinajstić information content (AvgIpc) is 3.04. The summed E-state index contributed by atoms with van der Waals surface area (Å²) >= 11 is 0. The topological polar surface area (TPSA) is 123 Å². The maximum atomic E-state index is 10.5. The van der Waals surface area contributed by atoms with Crippen molar-refractivity contribution < 1.29 is 15.3 Å². The predicted molar refractivity (Wildman–Crippen MR) is 119 cm³/mol. The average molecular weight is 422 g/mol. The first-order chi connectivity index (χ1) is 15.1. The Labute approximate surface area is 180 Å². The van der Waals surface area contributed by atoms with Crippen LogP contribution in [0, 0.1) is 5.92 Å². The number of nitrogens with one attached hydrogen (secondary N) is 2. The van der Waals surface area contributed by atoms with Crippen molar-refractivity contribution in [3.05, 3.63) is 42.6 Å². The van der Waals surface area contributed by atoms with Gasteiger partial charge in [0.05, 0.1) is 28.9 Å². The molecule has 2 heterocycles. The van der Waals surface area contributed by atoms with Crippen LogP contribution in [0.15, 0.2) is 42.6 Å². The molecule has 2 saturated carbocycles. The number of aromatic nitrogens is 3. The van der Waals surface area contributed by atoms with Gasteiger partial charge in [-0.2, -0.15) is 4.98 Å². The minimum absolute atomic E-state index is 0.173. The van der Waals surface area contributed by atoms with E-state index < -0.39 is 18.2 Å². The molecule has 8 nitrogen and oxygen atoms in total. The summed E-state index contributed by atoms with van der Waals surface area (Å²) in [4.78, 5) is 14.0. The van der Waals surface area contributed by atoms with Crippen LogP contribution in [0.5, 0.6) is 0 Å². The summed E-state index contributed by atoms with van der Waals surface area (Å²) in [6, 6.07) is 11.8. The molecular weight excluding hydrogens is 394 g/mol. The Balaban J connectivity index is 1.50. The second kappa shape index (κ2) is 8.37. The zero-order chi connectivity index (χ0) is 21.4. The molecule has 8 heteroatoms. The maximum absolute atomic E-state index is 10.5. The Kier molecular flexibility index (Phi) is 5.43. The van der Waals surface area contributed by atoms with E-state index in [-0.39, 0.29) is 12.5 Å². The Hall–Kier alpha value is -2.81. The van der Waals surface area contributed by atoms with Crippen LogP contribution >= 0.6 is 0 Å². The van der Waals surface area contributed by atoms with E-state index in [1.54, 1.807) is 6.20 Å². The van der Waals surface area contributed by atoms with E-state index in [1.165, 1.54) is 6.42 Å². The van der Waals surface area contributed by atoms with E-state index in [0.717, 1.165) is 35.0 Å². The molecule has 0 bridgehead atoms. The number of hydrogen-bond donors (Lipinski definition) is 5. The molecule has 0 amide bonds. The SMILES string of the molecule is OC[C@H]1C[C@@H](Nc2nc(NC3CCC3)ncc2-c2ccc3ccccc3n2)[C@H](O)[C@@H]1O. The predicted octanol–water partition coefficient (Wildman–Crippen LogP) is 2.17. The van der Waals surface area contributed by atoms with Crippen LogP contribution in [0.25, 0.3) is 22.2 Å². The Morgan fingerprint density at radius 3 is 2.55 bits per heavy atom. The first kappa shape index (κ1) is 20.1. The summed E-state index contributed by atoms with van der Waals surface area (Å²) in [6.45, 7) is -0.173. The van der Waals surface area contributed by atoms with Gasteiger partial charge in [-0.1, -0.05) is 24.3 Å². The molecule has 0 aliphatic heterocycles. The Morgan fingerprint density at radius 1 is 0.968 bits per heavy atom. The molecule has 162 valence electrons. The van der Waals surface area contributed by atoms with Crippen molar-refractivity contribution >= 4 is 22.7 Å². The second-order valence-electron chi connectivity index (χ2n) is 8.53. The van der Waals surface area contributed by atoms with Gasteiger partial charge in [0.25, 0.3) is 0 Å². The van der Waals surface area contributed by atoms with Crippen LogP contribution in [0.2, 0.25) is 0 Å². The lowest BCUT2D eigenvalue weighted by Crippen LogP contribution is -2.36. The fourth-order valence-corrected chi connectivity index (χ4v) is 4.32. The van der Waals surface area contributed by atoms with Crippen molar-refractivity contribution in [3.8, 4) is 11.3 Å². The summed E-state index contributed by atoms with van der Waals surface area (Å²) in [5.41, 5.74) is 2.32. The Morgan fingerprint density at radius 2 is 1.81 bits per heavy atom. The number of anilines is 2. The van der Waals surface area contributed by atoms with Crippen LogP contribution in [-0.2, 0) is 0 Å². The molecule has 0 spiro atoms. The zero-order valence-corrected chi connectivity index (χ0v) is 17.1. The molecule has 3 aromatic rings. The fraction of sp³-hybridized carbons (Fsp3) is 0.435. The van der Waals surface area contributed by atoms with Gasteiger partial charge in [-0.15, -0.1) is 0 Å². The molecule has 2 aromatic heterocycles. The summed E-state index contributed by atoms with van der Waals surface area (Å²) in [5.74, 6) is 0.710. The first-order valence-corrected chi connectivity index (χ1v) is 10.9. The molecular formula is C23H27N5O3. The van der Waals surface area contributed by atoms with Gasteiger partial charge >= 0.3 is 0 Å². The van der Waals surface area contributed by atoms with Crippen LogP contribution < -0.4 is 10.6 Å². The van der Waals surface area contributed by atoms with Crippen LogP contribution in [0.4, 0.5) is 11.8 Å². The van der Waals surface area contributed by atoms with Gasteiger partial charge in [0.15, 0.2) is 0 Å². The standard InChI is InChI=1S/C23H27N5O3/c29-12-14-10-19(21(31)20(14)30)27-22-16(11-24-23(28-22)25-15-5-3-6-15)18-9-8-13-4-1-2-7-17(13)26-18/h1-2,4,7-9,11,14-15,19-21,29-31H,3,5-6,10,12H2,(H2,24,25,27,28)/t14-,19-,20-,21+/m1/s1. The summed E-state index contributed by atoms with van der Waals surface area (Å²) < 4.78 is 0. The third kappa shape index (κ3) is 3.94. The fourth-order valence-electron chi connectivity index (χ4n) is 4.32. The van der Waals surface area contributed by atoms with Crippen LogP contribution in [0.1, 0.15) is 25.7 Å². The number of nitrogens with zero attached hydrogens (tertiary/aromatic N) is 3. The van der Waals surface area contributed by atoms with E-state index in [4.69, 9.17) is 9.97 Å². The van der Waals surface area contributed by atoms with Gasteiger partial charge < -0.3 is 26.0 Å². The van der Waals surface area contributed by atoms with E-state index in [2.05, 4.69) is 15.6 Å². The van der Waals surface area contributed by atoms with Gasteiger partial charge in [-0.25, -0.2) is 9.97 Å². The monoisotopic (exact) mass is 421 g/mol. The third-order valence-corrected chi connectivity index (χ3v) is 6.46. The first-order valence-electron chi connectivity index (χ1n) is 10.9. The molecule has 2 aliphatic rings. The maximum Gasteiger partial charge on any atom is 0.224 e. The van der Waals surface area contributed by atoms with E-state index in [1.807, 2.05) is 36.4 Å². The highest BCUT2D eigenvalue weighted by Gasteiger charge is 2.41. The van der Waals surface area contributed by atoms with Crippen molar-refractivity contribution in [2.75, 3.05) is 17.2 Å². The summed E-state index contributed by atoms with van der Waals surface area (Å²) in [6.07, 6.45) is 3.63.